The number of rotatable bonds is 9. The molecule has 6 atom stereocenters. The van der Waals surface area contributed by atoms with Gasteiger partial charge in [0.1, 0.15) is 48.4 Å². The zero-order valence-electron chi connectivity index (χ0n) is 32.2. The molecule has 14 nitrogen and oxygen atoms in total. The number of nitrogens with zero attached hydrogens (tertiary/aromatic N) is 1. The molecule has 0 unspecified atom stereocenters. The molecule has 57 heavy (non-hydrogen) atoms. The lowest BCUT2D eigenvalue weighted by Gasteiger charge is -2.30. The molecule has 0 aromatic heterocycles. The lowest BCUT2D eigenvalue weighted by atomic mass is 10.0. The molecule has 0 saturated carbocycles. The Labute approximate surface area is 331 Å². The van der Waals surface area contributed by atoms with E-state index in [0.29, 0.717) is 43.5 Å². The molecule has 2 aliphatic rings. The van der Waals surface area contributed by atoms with Crippen molar-refractivity contribution in [2.45, 2.75) is 102 Å². The first-order valence-electron chi connectivity index (χ1n) is 19.4. The van der Waals surface area contributed by atoms with Gasteiger partial charge in [-0.05, 0) is 81.3 Å². The minimum absolute atomic E-state index is 0.0124. The summed E-state index contributed by atoms with van der Waals surface area (Å²) in [6.45, 7) is 3.52. The van der Waals surface area contributed by atoms with Crippen LogP contribution >= 0.6 is 0 Å². The summed E-state index contributed by atoms with van der Waals surface area (Å²) < 4.78 is 19.7. The van der Waals surface area contributed by atoms with Gasteiger partial charge in [-0.25, -0.2) is 4.39 Å². The van der Waals surface area contributed by atoms with Crippen LogP contribution in [0.4, 0.5) is 4.39 Å². The Bertz CT molecular complexity index is 1880. The minimum Gasteiger partial charge on any atom is -0.489 e. The summed E-state index contributed by atoms with van der Waals surface area (Å²) in [6.07, 6.45) is 0.839. The molecule has 15 heteroatoms. The normalized spacial score (nSPS) is 23.3. The molecule has 2 saturated heterocycles. The van der Waals surface area contributed by atoms with Crippen molar-refractivity contribution in [2.24, 2.45) is 0 Å². The van der Waals surface area contributed by atoms with E-state index < -0.39 is 71.7 Å². The molecule has 304 valence electrons. The number of halogens is 1. The highest BCUT2D eigenvalue weighted by Gasteiger charge is 2.39. The molecule has 2 fully saturated rings. The van der Waals surface area contributed by atoms with Gasteiger partial charge in [-0.3, -0.25) is 28.8 Å². The number of amides is 6. The van der Waals surface area contributed by atoms with Crippen LogP contribution in [-0.4, -0.2) is 94.9 Å². The summed E-state index contributed by atoms with van der Waals surface area (Å²) in [6, 6.07) is 15.8. The molecule has 6 amide bonds. The van der Waals surface area contributed by atoms with E-state index in [1.807, 2.05) is 18.2 Å². The van der Waals surface area contributed by atoms with E-state index in [1.165, 1.54) is 30.0 Å². The van der Waals surface area contributed by atoms with Gasteiger partial charge < -0.3 is 41.3 Å². The predicted octanol–water partition coefficient (Wildman–Crippen LogP) is 2.28. The number of carbonyl (C=O) groups excluding carboxylic acids is 6. The van der Waals surface area contributed by atoms with E-state index in [9.17, 15) is 38.3 Å². The molecule has 2 heterocycles. The summed E-state index contributed by atoms with van der Waals surface area (Å²) in [7, 11) is 0. The maximum Gasteiger partial charge on any atom is 0.251 e. The summed E-state index contributed by atoms with van der Waals surface area (Å²) in [5.41, 5.74) is 1.35. The smallest absolute Gasteiger partial charge is 0.251 e. The topological polar surface area (TPSA) is 195 Å². The first kappa shape index (κ1) is 42.3. The summed E-state index contributed by atoms with van der Waals surface area (Å²) in [4.78, 5) is 83.5. The van der Waals surface area contributed by atoms with Gasteiger partial charge in [0.15, 0.2) is 0 Å². The third-order valence-electron chi connectivity index (χ3n) is 10.1. The number of carbonyl (C=O) groups is 6. The zero-order valence-corrected chi connectivity index (χ0v) is 32.2. The summed E-state index contributed by atoms with van der Waals surface area (Å²) in [5, 5.41) is 24.3. The molecule has 5 rings (SSSR count). The lowest BCUT2D eigenvalue weighted by Crippen LogP contribution is -2.61. The molecule has 0 aliphatic carbocycles. The Morgan fingerprint density at radius 2 is 1.54 bits per heavy atom. The molecule has 0 radical (unpaired) electrons. The van der Waals surface area contributed by atoms with Crippen LogP contribution in [0.15, 0.2) is 78.9 Å². The van der Waals surface area contributed by atoms with Gasteiger partial charge in [0.25, 0.3) is 5.91 Å². The number of aliphatic hydroxyl groups excluding tert-OH is 1. The highest BCUT2D eigenvalue weighted by molar-refractivity contribution is 5.99. The highest BCUT2D eigenvalue weighted by Crippen LogP contribution is 2.21. The van der Waals surface area contributed by atoms with Crippen molar-refractivity contribution in [1.29, 1.82) is 0 Å². The van der Waals surface area contributed by atoms with Gasteiger partial charge >= 0.3 is 0 Å². The van der Waals surface area contributed by atoms with Crippen molar-refractivity contribution in [3.05, 3.63) is 101 Å². The standard InChI is InChI=1S/C42H51FN6O8/c1-3-32-38(52)48-36(26(2)50)41(55)47-34(24-27-12-5-4-6-13-27)42(56)49-23-11-17-35(49)40(54)44-22-10-9-16-33(39(53)45-32)46-37(51)28-18-20-30(21-19-28)57-25-29-14-7-8-15-31(29)43/h4-8,12-15,18-21,26,32-36,50H,3,9-11,16-17,22-25H2,1-2H3,(H,44,54)(H,45,53)(H,46,51)(H,47,55)(H,48,52)/t26-,32+,33+,34-,35+,36+/m1/s1. The highest BCUT2D eigenvalue weighted by atomic mass is 19.1. The minimum atomic E-state index is -1.50. The summed E-state index contributed by atoms with van der Waals surface area (Å²) >= 11 is 0. The molecule has 0 bridgehead atoms. The van der Waals surface area contributed by atoms with Gasteiger partial charge in [0.2, 0.25) is 29.5 Å². The Morgan fingerprint density at radius 1 is 0.842 bits per heavy atom. The van der Waals surface area contributed by atoms with Crippen LogP contribution in [0, 0.1) is 5.82 Å². The number of hydrogen-bond acceptors (Lipinski definition) is 8. The second kappa shape index (κ2) is 20.4. The van der Waals surface area contributed by atoms with Gasteiger partial charge in [-0.1, -0.05) is 55.5 Å². The Hall–Kier alpha value is -5.83. The average molecular weight is 787 g/mol. The fourth-order valence-electron chi connectivity index (χ4n) is 6.89. The van der Waals surface area contributed by atoms with Crippen molar-refractivity contribution in [1.82, 2.24) is 31.5 Å². The van der Waals surface area contributed by atoms with Gasteiger partial charge in [-0.15, -0.1) is 0 Å². The second-order valence-electron chi connectivity index (χ2n) is 14.4. The molecular formula is C42H51FN6O8. The van der Waals surface area contributed by atoms with E-state index in [4.69, 9.17) is 4.74 Å². The number of hydrogen-bond donors (Lipinski definition) is 6. The molecule has 3 aromatic carbocycles. The summed E-state index contributed by atoms with van der Waals surface area (Å²) in [5.74, 6) is -3.58. The van der Waals surface area contributed by atoms with Crippen molar-refractivity contribution in [3.8, 4) is 5.75 Å². The van der Waals surface area contributed by atoms with E-state index in [1.54, 1.807) is 49.4 Å². The number of fused-ring (bicyclic) bond motifs is 1. The SMILES string of the molecule is CC[C@@H]1NC(=O)[C@@H](NC(=O)c2ccc(OCc3ccccc3F)cc2)CCCCNC(=O)[C@@H]2CCCN2C(=O)[C@@H](Cc2ccccc2)NC(=O)[C@H]([C@@H](C)O)NC1=O. The van der Waals surface area contributed by atoms with Crippen LogP contribution in [0.1, 0.15) is 73.9 Å². The second-order valence-corrected chi connectivity index (χ2v) is 14.4. The third-order valence-corrected chi connectivity index (χ3v) is 10.1. The van der Waals surface area contributed by atoms with Crippen LogP contribution in [0.25, 0.3) is 0 Å². The quantitative estimate of drug-likeness (QED) is 0.190. The monoisotopic (exact) mass is 786 g/mol. The van der Waals surface area contributed by atoms with Crippen LogP contribution in [0.5, 0.6) is 5.75 Å². The van der Waals surface area contributed by atoms with Crippen molar-refractivity contribution < 1.29 is 43.0 Å². The molecule has 6 N–H and O–H groups in total. The van der Waals surface area contributed by atoms with Crippen molar-refractivity contribution in [2.75, 3.05) is 13.1 Å². The maximum absolute atomic E-state index is 14.1. The third kappa shape index (κ3) is 11.6. The average Bonchev–Trinajstić information content (AvgIpc) is 3.71. The van der Waals surface area contributed by atoms with Crippen LogP contribution < -0.4 is 31.3 Å². The molecular weight excluding hydrogens is 735 g/mol. The maximum atomic E-state index is 14.1. The van der Waals surface area contributed by atoms with E-state index in [2.05, 4.69) is 26.6 Å². The largest absolute Gasteiger partial charge is 0.489 e. The van der Waals surface area contributed by atoms with Gasteiger partial charge in [0, 0.05) is 30.6 Å². The fraction of sp³-hybridized carbons (Fsp3) is 0.429. The molecule has 2 aliphatic heterocycles. The van der Waals surface area contributed by atoms with Crippen molar-refractivity contribution in [3.63, 3.8) is 0 Å². The fourth-order valence-corrected chi connectivity index (χ4v) is 6.89. The van der Waals surface area contributed by atoms with E-state index >= 15 is 0 Å². The first-order chi connectivity index (χ1) is 27.4. The molecule has 3 aromatic rings. The Kier molecular flexibility index (Phi) is 15.1. The zero-order chi connectivity index (χ0) is 40.9. The van der Waals surface area contributed by atoms with Gasteiger partial charge in [-0.2, -0.15) is 0 Å². The van der Waals surface area contributed by atoms with Crippen molar-refractivity contribution >= 4 is 35.4 Å². The van der Waals surface area contributed by atoms with E-state index in [0.717, 1.165) is 5.56 Å². The van der Waals surface area contributed by atoms with Crippen LogP contribution in [0.2, 0.25) is 0 Å². The number of benzene rings is 3. The lowest BCUT2D eigenvalue weighted by molar-refractivity contribution is -0.142. The molecule has 0 spiro atoms. The number of aliphatic hydroxyl groups is 1. The number of nitrogens with one attached hydrogen (secondary N) is 5. The van der Waals surface area contributed by atoms with E-state index in [-0.39, 0.29) is 43.9 Å². The number of ether oxygens (including phenoxy) is 1. The Morgan fingerprint density at radius 3 is 2.25 bits per heavy atom. The van der Waals surface area contributed by atoms with Crippen LogP contribution in [0.3, 0.4) is 0 Å². The van der Waals surface area contributed by atoms with Gasteiger partial charge in [0.05, 0.1) is 6.10 Å². The first-order valence-corrected chi connectivity index (χ1v) is 19.4. The Balaban J connectivity index is 1.33. The van der Waals surface area contributed by atoms with Crippen LogP contribution in [-0.2, 0) is 37.0 Å². The predicted molar refractivity (Wildman–Crippen MR) is 208 cm³/mol.